The largest absolute Gasteiger partial charge is 0.507 e. The Morgan fingerprint density at radius 2 is 1.65 bits per heavy atom. The van der Waals surface area contributed by atoms with E-state index in [0.717, 1.165) is 11.3 Å². The molecule has 1 amide bonds. The molecule has 37 heavy (non-hydrogen) atoms. The van der Waals surface area contributed by atoms with Gasteiger partial charge >= 0.3 is 0 Å². The van der Waals surface area contributed by atoms with E-state index in [4.69, 9.17) is 21.1 Å². The fraction of sp³-hybridized carbons (Fsp3) is 0.241. The molecule has 0 radical (unpaired) electrons. The first-order chi connectivity index (χ1) is 17.7. The molecule has 1 heterocycles. The molecule has 7 nitrogen and oxygen atoms in total. The van der Waals surface area contributed by atoms with E-state index in [9.17, 15) is 14.7 Å². The summed E-state index contributed by atoms with van der Waals surface area (Å²) in [6.45, 7) is 0.276. The number of benzene rings is 3. The molecule has 1 atom stereocenters. The van der Waals surface area contributed by atoms with Gasteiger partial charge < -0.3 is 24.4 Å². The predicted molar refractivity (Wildman–Crippen MR) is 144 cm³/mol. The van der Waals surface area contributed by atoms with Crippen molar-refractivity contribution in [2.45, 2.75) is 12.5 Å². The summed E-state index contributed by atoms with van der Waals surface area (Å²) in [7, 11) is 6.85. The van der Waals surface area contributed by atoms with E-state index < -0.39 is 17.7 Å². The number of aliphatic hydroxyl groups is 1. The number of ether oxygens (including phenoxy) is 2. The molecule has 1 aliphatic heterocycles. The zero-order valence-electron chi connectivity index (χ0n) is 21.2. The number of aliphatic hydroxyl groups excluding tert-OH is 1. The van der Waals surface area contributed by atoms with Crippen molar-refractivity contribution in [1.82, 2.24) is 4.90 Å². The third-order valence-corrected chi connectivity index (χ3v) is 6.73. The van der Waals surface area contributed by atoms with Crippen LogP contribution in [0.3, 0.4) is 0 Å². The van der Waals surface area contributed by atoms with Crippen LogP contribution in [-0.2, 0) is 16.0 Å². The smallest absolute Gasteiger partial charge is 0.295 e. The summed E-state index contributed by atoms with van der Waals surface area (Å²) in [5.74, 6) is -0.900. The molecule has 0 bridgehead atoms. The van der Waals surface area contributed by atoms with Crippen LogP contribution in [0, 0.1) is 0 Å². The van der Waals surface area contributed by atoms with Crippen LogP contribution >= 0.6 is 11.6 Å². The second-order valence-electron chi connectivity index (χ2n) is 8.92. The van der Waals surface area contributed by atoms with Crippen molar-refractivity contribution in [3.8, 4) is 11.5 Å². The number of carbonyl (C=O) groups excluding carboxylic acids is 2. The molecule has 1 unspecified atom stereocenters. The molecule has 3 aromatic carbocycles. The summed E-state index contributed by atoms with van der Waals surface area (Å²) < 4.78 is 10.8. The van der Waals surface area contributed by atoms with Crippen LogP contribution in [0.25, 0.3) is 5.76 Å². The lowest BCUT2D eigenvalue weighted by atomic mass is 9.94. The number of hydrogen-bond donors (Lipinski definition) is 1. The van der Waals surface area contributed by atoms with Crippen molar-refractivity contribution in [2.24, 2.45) is 0 Å². The van der Waals surface area contributed by atoms with Gasteiger partial charge in [0.2, 0.25) is 0 Å². The van der Waals surface area contributed by atoms with Gasteiger partial charge in [-0.25, -0.2) is 0 Å². The highest BCUT2D eigenvalue weighted by molar-refractivity contribution is 6.46. The minimum absolute atomic E-state index is 0.00487. The van der Waals surface area contributed by atoms with Gasteiger partial charge in [0.15, 0.2) is 0 Å². The molecule has 1 aliphatic rings. The number of Topliss-reactive ketones (excluding diaryl/α,β-unsaturated/α-hetero) is 1. The maximum absolute atomic E-state index is 13.4. The zero-order valence-corrected chi connectivity index (χ0v) is 22.0. The average molecular weight is 521 g/mol. The highest BCUT2D eigenvalue weighted by Gasteiger charge is 2.46. The Morgan fingerprint density at radius 3 is 2.24 bits per heavy atom. The number of rotatable bonds is 8. The topological polar surface area (TPSA) is 79.3 Å². The van der Waals surface area contributed by atoms with Crippen LogP contribution < -0.4 is 14.4 Å². The van der Waals surface area contributed by atoms with Gasteiger partial charge in [0.05, 0.1) is 31.4 Å². The molecule has 0 aromatic heterocycles. The van der Waals surface area contributed by atoms with Gasteiger partial charge in [0, 0.05) is 31.4 Å². The second kappa shape index (κ2) is 11.0. The standard InChI is InChI=1S/C29H29ClN2O5/c1-31(2)21-11-7-19(8-12-21)26-25(27(33)23-17-22(36-3)13-14-24(23)37-4)28(34)29(35)32(26)16-15-18-5-9-20(30)10-6-18/h5-14,17,26,33H,15-16H2,1-4H3/b27-25+. The third-order valence-electron chi connectivity index (χ3n) is 6.48. The quantitative estimate of drug-likeness (QED) is 0.253. The third kappa shape index (κ3) is 5.27. The molecule has 8 heteroatoms. The van der Waals surface area contributed by atoms with Gasteiger partial charge in [-0.1, -0.05) is 35.9 Å². The summed E-state index contributed by atoms with van der Waals surface area (Å²) in [6, 6.07) is 19.1. The molecule has 4 rings (SSSR count). The molecule has 1 fully saturated rings. The number of halogens is 1. The van der Waals surface area contributed by atoms with E-state index in [-0.39, 0.29) is 23.4 Å². The Bertz CT molecular complexity index is 1330. The van der Waals surface area contributed by atoms with E-state index in [1.54, 1.807) is 30.3 Å². The van der Waals surface area contributed by atoms with Crippen LogP contribution in [0.1, 0.15) is 22.7 Å². The Kier molecular flexibility index (Phi) is 7.74. The minimum Gasteiger partial charge on any atom is -0.507 e. The second-order valence-corrected chi connectivity index (χ2v) is 9.36. The zero-order chi connectivity index (χ0) is 26.7. The molecule has 192 valence electrons. The molecule has 3 aromatic rings. The van der Waals surface area contributed by atoms with Crippen LogP contribution in [0.15, 0.2) is 72.3 Å². The SMILES string of the molecule is COc1ccc(OC)c(/C(O)=C2\C(=O)C(=O)N(CCc3ccc(Cl)cc3)C2c2ccc(N(C)C)cc2)c1. The predicted octanol–water partition coefficient (Wildman–Crippen LogP) is 5.09. The van der Waals surface area contributed by atoms with Crippen molar-refractivity contribution < 1.29 is 24.2 Å². The van der Waals surface area contributed by atoms with Crippen molar-refractivity contribution in [3.05, 3.63) is 94.0 Å². The Labute approximate surface area is 221 Å². The van der Waals surface area contributed by atoms with Crippen LogP contribution in [0.2, 0.25) is 5.02 Å². The van der Waals surface area contributed by atoms with Crippen LogP contribution in [-0.4, -0.2) is 56.6 Å². The molecule has 1 N–H and O–H groups in total. The molecule has 0 saturated carbocycles. The fourth-order valence-corrected chi connectivity index (χ4v) is 4.58. The van der Waals surface area contributed by atoms with Gasteiger partial charge in [-0.05, 0) is 60.0 Å². The molecular formula is C29H29ClN2O5. The molecule has 0 spiro atoms. The number of likely N-dealkylation sites (tertiary alicyclic amines) is 1. The normalized spacial score (nSPS) is 16.7. The number of methoxy groups -OCH3 is 2. The first-order valence-corrected chi connectivity index (χ1v) is 12.2. The highest BCUT2D eigenvalue weighted by atomic mass is 35.5. The lowest BCUT2D eigenvalue weighted by Crippen LogP contribution is -2.31. The summed E-state index contributed by atoms with van der Waals surface area (Å²) in [5, 5.41) is 12.1. The van der Waals surface area contributed by atoms with E-state index in [1.165, 1.54) is 19.1 Å². The van der Waals surface area contributed by atoms with Gasteiger partial charge in [0.25, 0.3) is 11.7 Å². The first kappa shape index (κ1) is 26.1. The Morgan fingerprint density at radius 1 is 0.973 bits per heavy atom. The van der Waals surface area contributed by atoms with Crippen molar-refractivity contribution in [3.63, 3.8) is 0 Å². The summed E-state index contributed by atoms with van der Waals surface area (Å²) >= 11 is 6.01. The summed E-state index contributed by atoms with van der Waals surface area (Å²) in [5.41, 5.74) is 2.93. The summed E-state index contributed by atoms with van der Waals surface area (Å²) in [6.07, 6.45) is 0.513. The van der Waals surface area contributed by atoms with Crippen LogP contribution in [0.4, 0.5) is 5.69 Å². The number of amides is 1. The lowest BCUT2D eigenvalue weighted by Gasteiger charge is -2.26. The number of hydrogen-bond acceptors (Lipinski definition) is 6. The highest BCUT2D eigenvalue weighted by Crippen LogP contribution is 2.42. The maximum atomic E-state index is 13.4. The fourth-order valence-electron chi connectivity index (χ4n) is 4.46. The number of carbonyl (C=O) groups is 2. The summed E-state index contributed by atoms with van der Waals surface area (Å²) in [4.78, 5) is 30.2. The van der Waals surface area contributed by atoms with E-state index >= 15 is 0 Å². The molecule has 0 aliphatic carbocycles. The first-order valence-electron chi connectivity index (χ1n) is 11.8. The van der Waals surface area contributed by atoms with Gasteiger partial charge in [-0.15, -0.1) is 0 Å². The van der Waals surface area contributed by atoms with E-state index in [0.29, 0.717) is 28.5 Å². The number of ketones is 1. The number of anilines is 1. The Balaban J connectivity index is 1.83. The van der Waals surface area contributed by atoms with Crippen LogP contribution in [0.5, 0.6) is 11.5 Å². The number of nitrogens with zero attached hydrogens (tertiary/aromatic N) is 2. The molecular weight excluding hydrogens is 492 g/mol. The van der Waals surface area contributed by atoms with Crippen molar-refractivity contribution >= 4 is 34.7 Å². The molecule has 1 saturated heterocycles. The lowest BCUT2D eigenvalue weighted by molar-refractivity contribution is -0.139. The minimum atomic E-state index is -0.778. The van der Waals surface area contributed by atoms with Gasteiger partial charge in [-0.3, -0.25) is 9.59 Å². The van der Waals surface area contributed by atoms with E-state index in [2.05, 4.69) is 0 Å². The van der Waals surface area contributed by atoms with Crippen molar-refractivity contribution in [2.75, 3.05) is 39.8 Å². The maximum Gasteiger partial charge on any atom is 0.295 e. The van der Waals surface area contributed by atoms with Crippen molar-refractivity contribution in [1.29, 1.82) is 0 Å². The van der Waals surface area contributed by atoms with Gasteiger partial charge in [-0.2, -0.15) is 0 Å². The average Bonchev–Trinajstić information content (AvgIpc) is 3.17. The van der Waals surface area contributed by atoms with E-state index in [1.807, 2.05) is 55.4 Å². The monoisotopic (exact) mass is 520 g/mol. The Hall–Kier alpha value is -3.97. The van der Waals surface area contributed by atoms with Gasteiger partial charge in [0.1, 0.15) is 17.3 Å².